The van der Waals surface area contributed by atoms with Crippen molar-refractivity contribution in [2.75, 3.05) is 13.2 Å². The second kappa shape index (κ2) is 7.71. The molecular weight excluding hydrogens is 346 g/mol. The zero-order chi connectivity index (χ0) is 18.6. The van der Waals surface area contributed by atoms with Gasteiger partial charge < -0.3 is 10.1 Å². The minimum Gasteiger partial charge on any atom is -0.379 e. The van der Waals surface area contributed by atoms with E-state index in [1.54, 1.807) is 0 Å². The average Bonchev–Trinajstić information content (AvgIpc) is 3.29. The number of carbonyl (C=O) groups is 1. The smallest absolute Gasteiger partial charge is 0.340 e. The highest BCUT2D eigenvalue weighted by molar-refractivity contribution is 5.82. The molecule has 27 heavy (non-hydrogen) atoms. The van der Waals surface area contributed by atoms with E-state index in [0.717, 1.165) is 17.3 Å². The number of hydrogen-bond donors (Lipinski definition) is 3. The lowest BCUT2D eigenvalue weighted by Gasteiger charge is -2.19. The monoisotopic (exact) mass is 367 g/mol. The van der Waals surface area contributed by atoms with Crippen molar-refractivity contribution in [2.45, 2.75) is 25.3 Å². The summed E-state index contributed by atoms with van der Waals surface area (Å²) in [7, 11) is 0. The number of rotatable bonds is 6. The summed E-state index contributed by atoms with van der Waals surface area (Å²) in [6, 6.07) is 10.1. The van der Waals surface area contributed by atoms with E-state index in [4.69, 9.17) is 4.74 Å². The topological polar surface area (TPSA) is 113 Å². The third-order valence-corrected chi connectivity index (χ3v) is 4.91. The van der Waals surface area contributed by atoms with Crippen molar-refractivity contribution < 1.29 is 9.53 Å². The maximum atomic E-state index is 12.3. The summed E-state index contributed by atoms with van der Waals surface area (Å²) >= 11 is 0. The van der Waals surface area contributed by atoms with Crippen molar-refractivity contribution >= 4 is 16.8 Å². The number of nitrogens with zero attached hydrogens (tertiary/aromatic N) is 2. The number of H-pyrrole nitrogens is 2. The molecular formula is C19H21N5O3. The first-order chi connectivity index (χ1) is 13.2. The van der Waals surface area contributed by atoms with E-state index < -0.39 is 0 Å². The molecule has 1 saturated heterocycles. The molecule has 1 aliphatic heterocycles. The Bertz CT molecular complexity index is 991. The molecule has 1 fully saturated rings. The lowest BCUT2D eigenvalue weighted by molar-refractivity contribution is -0.122. The van der Waals surface area contributed by atoms with Crippen LogP contribution in [0.5, 0.6) is 0 Å². The Morgan fingerprint density at radius 2 is 2.15 bits per heavy atom. The fourth-order valence-corrected chi connectivity index (χ4v) is 3.51. The molecule has 0 aliphatic carbocycles. The largest absolute Gasteiger partial charge is 0.379 e. The van der Waals surface area contributed by atoms with Crippen LogP contribution >= 0.6 is 0 Å². The number of nitrogens with one attached hydrogen (secondary N) is 3. The number of hydrogen-bond acceptors (Lipinski definition) is 5. The summed E-state index contributed by atoms with van der Waals surface area (Å²) < 4.78 is 5.63. The predicted molar refractivity (Wildman–Crippen MR) is 99.2 cm³/mol. The van der Waals surface area contributed by atoms with Gasteiger partial charge in [0.15, 0.2) is 0 Å². The summed E-state index contributed by atoms with van der Waals surface area (Å²) in [5.74, 6) is 0.626. The van der Waals surface area contributed by atoms with Crippen LogP contribution in [0.25, 0.3) is 10.9 Å². The number of fused-ring (bicyclic) bond motifs is 1. The van der Waals surface area contributed by atoms with E-state index >= 15 is 0 Å². The molecule has 2 aromatic heterocycles. The van der Waals surface area contributed by atoms with Crippen LogP contribution < -0.4 is 11.0 Å². The number of amides is 1. The number of pyridine rings is 1. The second-order valence-electron chi connectivity index (χ2n) is 6.79. The van der Waals surface area contributed by atoms with Crippen LogP contribution in [0.3, 0.4) is 0 Å². The number of carbonyl (C=O) groups excluding carboxylic acids is 1. The molecule has 3 N–H and O–H groups in total. The third-order valence-electron chi connectivity index (χ3n) is 4.91. The first-order valence-corrected chi connectivity index (χ1v) is 9.02. The number of ether oxygens (including phenoxy) is 1. The van der Waals surface area contributed by atoms with Gasteiger partial charge in [-0.15, -0.1) is 0 Å². The van der Waals surface area contributed by atoms with Crippen molar-refractivity contribution in [1.29, 1.82) is 0 Å². The number of aromatic amines is 2. The summed E-state index contributed by atoms with van der Waals surface area (Å²) in [6.07, 6.45) is 3.30. The van der Waals surface area contributed by atoms with Crippen LogP contribution in [0.4, 0.5) is 0 Å². The lowest BCUT2D eigenvalue weighted by Crippen LogP contribution is -2.40. The molecule has 0 radical (unpaired) electrons. The Morgan fingerprint density at radius 1 is 1.26 bits per heavy atom. The molecule has 1 aliphatic rings. The highest BCUT2D eigenvalue weighted by atomic mass is 16.5. The molecule has 140 valence electrons. The fraction of sp³-hybridized carbons (Fsp3) is 0.368. The van der Waals surface area contributed by atoms with Gasteiger partial charge in [0.1, 0.15) is 5.82 Å². The number of aryl methyl sites for hydroxylation is 1. The standard InChI is InChI=1S/C19H21N5O3/c25-18(6-5-17-22-19(26)24-23-17)21-16-11-27-10-13(16)9-12-7-8-20-15-4-2-1-3-14(12)15/h1-4,7-8,13,16H,5-6,9-11H2,(H,21,25)(H2,22,23,24,26)/t13-,16-/m1/s1. The van der Waals surface area contributed by atoms with Gasteiger partial charge in [0.05, 0.1) is 24.8 Å². The van der Waals surface area contributed by atoms with E-state index in [9.17, 15) is 9.59 Å². The van der Waals surface area contributed by atoms with E-state index in [1.165, 1.54) is 5.56 Å². The molecule has 4 rings (SSSR count). The first-order valence-electron chi connectivity index (χ1n) is 9.02. The van der Waals surface area contributed by atoms with Gasteiger partial charge in [-0.2, -0.15) is 5.10 Å². The maximum absolute atomic E-state index is 12.3. The minimum atomic E-state index is -0.362. The molecule has 0 bridgehead atoms. The zero-order valence-corrected chi connectivity index (χ0v) is 14.8. The molecule has 1 amide bonds. The van der Waals surface area contributed by atoms with Gasteiger partial charge in [-0.05, 0) is 24.1 Å². The molecule has 1 aromatic carbocycles. The average molecular weight is 367 g/mol. The normalized spacial score (nSPS) is 19.4. The van der Waals surface area contributed by atoms with Gasteiger partial charge in [-0.25, -0.2) is 9.89 Å². The highest BCUT2D eigenvalue weighted by Gasteiger charge is 2.30. The van der Waals surface area contributed by atoms with Crippen LogP contribution in [0.2, 0.25) is 0 Å². The van der Waals surface area contributed by atoms with Gasteiger partial charge in [0.25, 0.3) is 0 Å². The van der Waals surface area contributed by atoms with Gasteiger partial charge in [-0.1, -0.05) is 18.2 Å². The van der Waals surface area contributed by atoms with Gasteiger partial charge in [-0.3, -0.25) is 14.8 Å². The Balaban J connectivity index is 1.38. The van der Waals surface area contributed by atoms with E-state index in [1.807, 2.05) is 30.5 Å². The number of para-hydroxylation sites is 1. The quantitative estimate of drug-likeness (QED) is 0.600. The van der Waals surface area contributed by atoms with Crippen molar-refractivity contribution in [3.8, 4) is 0 Å². The maximum Gasteiger partial charge on any atom is 0.340 e. The van der Waals surface area contributed by atoms with Crippen molar-refractivity contribution in [2.24, 2.45) is 5.92 Å². The summed E-state index contributed by atoms with van der Waals surface area (Å²) in [4.78, 5) is 30.3. The third kappa shape index (κ3) is 4.06. The Hall–Kier alpha value is -3.00. The van der Waals surface area contributed by atoms with Crippen LogP contribution in [0.1, 0.15) is 17.8 Å². The van der Waals surface area contributed by atoms with Gasteiger partial charge in [0, 0.05) is 30.3 Å². The van der Waals surface area contributed by atoms with Crippen molar-refractivity contribution in [3.63, 3.8) is 0 Å². The summed E-state index contributed by atoms with van der Waals surface area (Å²) in [5.41, 5.74) is 1.83. The Morgan fingerprint density at radius 3 is 3.00 bits per heavy atom. The number of aromatic nitrogens is 4. The second-order valence-corrected chi connectivity index (χ2v) is 6.79. The van der Waals surface area contributed by atoms with E-state index in [2.05, 4.69) is 31.5 Å². The fourth-order valence-electron chi connectivity index (χ4n) is 3.51. The summed E-state index contributed by atoms with van der Waals surface area (Å²) in [5, 5.41) is 10.3. The molecule has 2 atom stereocenters. The van der Waals surface area contributed by atoms with E-state index in [0.29, 0.717) is 25.5 Å². The highest BCUT2D eigenvalue weighted by Crippen LogP contribution is 2.24. The van der Waals surface area contributed by atoms with Crippen LogP contribution in [-0.2, 0) is 22.4 Å². The van der Waals surface area contributed by atoms with E-state index in [-0.39, 0.29) is 30.0 Å². The molecule has 0 saturated carbocycles. The molecule has 8 heteroatoms. The van der Waals surface area contributed by atoms with Crippen LogP contribution in [0.15, 0.2) is 41.3 Å². The molecule has 3 heterocycles. The molecule has 0 spiro atoms. The van der Waals surface area contributed by atoms with Crippen molar-refractivity contribution in [3.05, 3.63) is 58.4 Å². The number of benzene rings is 1. The Kier molecular flexibility index (Phi) is 4.97. The zero-order valence-electron chi connectivity index (χ0n) is 14.8. The SMILES string of the molecule is O=C(CCc1n[nH]c(=O)[nH]1)N[C@@H]1COC[C@H]1Cc1ccnc2ccccc12. The Labute approximate surface area is 155 Å². The first kappa shape index (κ1) is 17.4. The van der Waals surface area contributed by atoms with Crippen molar-refractivity contribution in [1.82, 2.24) is 25.5 Å². The van der Waals surface area contributed by atoms with Crippen LogP contribution in [0, 0.1) is 5.92 Å². The van der Waals surface area contributed by atoms with Gasteiger partial charge in [0.2, 0.25) is 5.91 Å². The lowest BCUT2D eigenvalue weighted by atomic mass is 9.93. The van der Waals surface area contributed by atoms with Gasteiger partial charge >= 0.3 is 5.69 Å². The summed E-state index contributed by atoms with van der Waals surface area (Å²) in [6.45, 7) is 1.13. The predicted octanol–water partition coefficient (Wildman–Crippen LogP) is 0.953. The molecule has 3 aromatic rings. The minimum absolute atomic E-state index is 0.0253. The molecule has 0 unspecified atom stereocenters. The van der Waals surface area contributed by atoms with Crippen LogP contribution in [-0.4, -0.2) is 45.3 Å². The molecule has 8 nitrogen and oxygen atoms in total.